The van der Waals surface area contributed by atoms with Gasteiger partial charge >= 0.3 is 0 Å². The lowest BCUT2D eigenvalue weighted by Gasteiger charge is -2.59. The third-order valence-electron chi connectivity index (χ3n) is 11.6. The lowest BCUT2D eigenvalue weighted by Crippen LogP contribution is -2.52. The van der Waals surface area contributed by atoms with Crippen LogP contribution in [0.5, 0.6) is 0 Å². The number of aliphatic hydroxyl groups is 2. The molecule has 3 fully saturated rings. The zero-order chi connectivity index (χ0) is 23.5. The van der Waals surface area contributed by atoms with Crippen molar-refractivity contribution in [3.63, 3.8) is 0 Å². The van der Waals surface area contributed by atoms with Gasteiger partial charge in [0.25, 0.3) is 0 Å². The van der Waals surface area contributed by atoms with Gasteiger partial charge in [0.2, 0.25) is 0 Å². The third kappa shape index (κ3) is 4.04. The molecule has 0 aromatic heterocycles. The maximum absolute atomic E-state index is 11.0. The fourth-order valence-corrected chi connectivity index (χ4v) is 9.04. The molecule has 2 N–H and O–H groups in total. The van der Waals surface area contributed by atoms with Crippen molar-refractivity contribution in [2.45, 2.75) is 131 Å². The van der Waals surface area contributed by atoms with Gasteiger partial charge in [-0.2, -0.15) is 0 Å². The highest BCUT2D eigenvalue weighted by Crippen LogP contribution is 2.67. The van der Waals surface area contributed by atoms with E-state index in [0.717, 1.165) is 55.8 Å². The lowest BCUT2D eigenvalue weighted by atomic mass is 9.46. The van der Waals surface area contributed by atoms with Gasteiger partial charge in [0.15, 0.2) is 0 Å². The number of hydrogen-bond donors (Lipinski definition) is 2. The standard InChI is InChI=1S/C30H52O2/c1-8-30(32)18-17-28(6)21(19-30)10-11-22-24-13-12-23(29(24,7)16-15-25(22)28)20(2)9-14-26(31)27(3,4)5/h10,20,22-26,31-32H,8-9,11-19H2,1-7H3/t20-,22+,23-,24+,25+,26+,28+,29-,30+/m1/s1. The zero-order valence-corrected chi connectivity index (χ0v) is 22.2. The van der Waals surface area contributed by atoms with Crippen LogP contribution in [0.1, 0.15) is 119 Å². The van der Waals surface area contributed by atoms with E-state index in [9.17, 15) is 10.2 Å². The SMILES string of the molecule is CC[C@]1(O)CC[C@@]2(C)C(=CC[C@H]3[C@@H]4CC[C@H]([C@H](C)CC[C@H](O)C(C)(C)C)[C@@]4(C)CC[C@@H]32)C1. The fourth-order valence-electron chi connectivity index (χ4n) is 9.04. The molecule has 4 rings (SSSR count). The molecule has 2 nitrogen and oxygen atoms in total. The van der Waals surface area contributed by atoms with E-state index in [1.54, 1.807) is 5.57 Å². The molecule has 4 aliphatic carbocycles. The molecule has 0 aliphatic heterocycles. The second kappa shape index (κ2) is 8.40. The van der Waals surface area contributed by atoms with E-state index in [0.29, 0.717) is 16.7 Å². The van der Waals surface area contributed by atoms with Crippen molar-refractivity contribution in [1.29, 1.82) is 0 Å². The maximum Gasteiger partial charge on any atom is 0.0682 e. The van der Waals surface area contributed by atoms with E-state index in [-0.39, 0.29) is 11.5 Å². The second-order valence-corrected chi connectivity index (χ2v) is 14.2. The van der Waals surface area contributed by atoms with Gasteiger partial charge in [0.1, 0.15) is 0 Å². The van der Waals surface area contributed by atoms with Crippen LogP contribution in [0.3, 0.4) is 0 Å². The molecule has 2 heteroatoms. The first-order chi connectivity index (χ1) is 14.8. The molecule has 9 atom stereocenters. The van der Waals surface area contributed by atoms with Gasteiger partial charge in [-0.3, -0.25) is 0 Å². The van der Waals surface area contributed by atoms with E-state index in [1.165, 1.54) is 38.5 Å². The van der Waals surface area contributed by atoms with Gasteiger partial charge in [-0.05, 0) is 116 Å². The van der Waals surface area contributed by atoms with Gasteiger partial charge in [-0.15, -0.1) is 0 Å². The Balaban J connectivity index is 1.48. The molecule has 0 spiro atoms. The van der Waals surface area contributed by atoms with E-state index >= 15 is 0 Å². The van der Waals surface area contributed by atoms with Gasteiger partial charge in [-0.1, -0.05) is 60.1 Å². The molecule has 0 amide bonds. The Kier molecular flexibility index (Phi) is 6.50. The molecule has 184 valence electrons. The van der Waals surface area contributed by atoms with Crippen LogP contribution in [0, 0.1) is 45.8 Å². The summed E-state index contributed by atoms with van der Waals surface area (Å²) >= 11 is 0. The number of aliphatic hydroxyl groups excluding tert-OH is 1. The van der Waals surface area contributed by atoms with E-state index < -0.39 is 5.60 Å². The lowest BCUT2D eigenvalue weighted by molar-refractivity contribution is -0.0760. The summed E-state index contributed by atoms with van der Waals surface area (Å²) in [6.45, 7) is 16.3. The van der Waals surface area contributed by atoms with Gasteiger partial charge in [-0.25, -0.2) is 0 Å². The van der Waals surface area contributed by atoms with E-state index in [1.807, 2.05) is 0 Å². The van der Waals surface area contributed by atoms with Gasteiger partial charge in [0.05, 0.1) is 11.7 Å². The average molecular weight is 445 g/mol. The molecule has 0 saturated heterocycles. The molecule has 0 radical (unpaired) electrons. The number of hydrogen-bond acceptors (Lipinski definition) is 2. The Bertz CT molecular complexity index is 719. The van der Waals surface area contributed by atoms with Crippen molar-refractivity contribution in [3.05, 3.63) is 11.6 Å². The highest BCUT2D eigenvalue weighted by molar-refractivity contribution is 5.27. The molecule has 0 aromatic carbocycles. The van der Waals surface area contributed by atoms with Crippen molar-refractivity contribution in [2.75, 3.05) is 0 Å². The van der Waals surface area contributed by atoms with Crippen molar-refractivity contribution < 1.29 is 10.2 Å². The zero-order valence-electron chi connectivity index (χ0n) is 22.2. The summed E-state index contributed by atoms with van der Waals surface area (Å²) in [6.07, 6.45) is 15.3. The van der Waals surface area contributed by atoms with Crippen LogP contribution in [0.4, 0.5) is 0 Å². The van der Waals surface area contributed by atoms with Gasteiger partial charge in [0, 0.05) is 0 Å². The molecule has 4 aliphatic rings. The van der Waals surface area contributed by atoms with Crippen LogP contribution in [-0.2, 0) is 0 Å². The topological polar surface area (TPSA) is 40.5 Å². The molecular formula is C30H52O2. The van der Waals surface area contributed by atoms with Crippen LogP contribution >= 0.6 is 0 Å². The summed E-state index contributed by atoms with van der Waals surface area (Å²) in [6, 6.07) is 0. The highest BCUT2D eigenvalue weighted by Gasteiger charge is 2.59. The molecule has 0 heterocycles. The smallest absolute Gasteiger partial charge is 0.0682 e. The number of allylic oxidation sites excluding steroid dienone is 1. The van der Waals surface area contributed by atoms with E-state index in [4.69, 9.17) is 0 Å². The Hall–Kier alpha value is -0.340. The van der Waals surface area contributed by atoms with Crippen molar-refractivity contribution in [3.8, 4) is 0 Å². The van der Waals surface area contributed by atoms with Crippen molar-refractivity contribution >= 4 is 0 Å². The summed E-state index contributed by atoms with van der Waals surface area (Å²) in [4.78, 5) is 0. The Labute approximate surface area is 198 Å². The number of rotatable bonds is 5. The predicted molar refractivity (Wildman–Crippen MR) is 134 cm³/mol. The average Bonchev–Trinajstić information content (AvgIpc) is 3.09. The number of fused-ring (bicyclic) bond motifs is 5. The molecule has 3 saturated carbocycles. The summed E-state index contributed by atoms with van der Waals surface area (Å²) in [5, 5.41) is 21.6. The van der Waals surface area contributed by atoms with E-state index in [2.05, 4.69) is 54.5 Å². The minimum Gasteiger partial charge on any atom is -0.393 e. The Morgan fingerprint density at radius 1 is 1.03 bits per heavy atom. The first kappa shape index (κ1) is 24.8. The first-order valence-electron chi connectivity index (χ1n) is 13.9. The fraction of sp³-hybridized carbons (Fsp3) is 0.933. The second-order valence-electron chi connectivity index (χ2n) is 14.2. The molecule has 32 heavy (non-hydrogen) atoms. The monoisotopic (exact) mass is 444 g/mol. The van der Waals surface area contributed by atoms with Crippen LogP contribution in [0.15, 0.2) is 11.6 Å². The third-order valence-corrected chi connectivity index (χ3v) is 11.6. The minimum absolute atomic E-state index is 0.00853. The van der Waals surface area contributed by atoms with Crippen LogP contribution < -0.4 is 0 Å². The molecule has 0 aromatic rings. The van der Waals surface area contributed by atoms with Crippen LogP contribution in [-0.4, -0.2) is 21.9 Å². The largest absolute Gasteiger partial charge is 0.393 e. The van der Waals surface area contributed by atoms with Crippen molar-refractivity contribution in [2.24, 2.45) is 45.8 Å². The van der Waals surface area contributed by atoms with Gasteiger partial charge < -0.3 is 10.2 Å². The predicted octanol–water partition coefficient (Wildman–Crippen LogP) is 7.53. The molecule has 0 unspecified atom stereocenters. The summed E-state index contributed by atoms with van der Waals surface area (Å²) in [7, 11) is 0. The highest BCUT2D eigenvalue weighted by atomic mass is 16.3. The summed E-state index contributed by atoms with van der Waals surface area (Å²) in [5.74, 6) is 4.04. The summed E-state index contributed by atoms with van der Waals surface area (Å²) < 4.78 is 0. The van der Waals surface area contributed by atoms with Crippen molar-refractivity contribution in [1.82, 2.24) is 0 Å². The van der Waals surface area contributed by atoms with Crippen LogP contribution in [0.25, 0.3) is 0 Å². The normalized spacial score (nSPS) is 46.0. The minimum atomic E-state index is -0.452. The quantitative estimate of drug-likeness (QED) is 0.430. The van der Waals surface area contributed by atoms with Crippen LogP contribution in [0.2, 0.25) is 0 Å². The molecule has 0 bridgehead atoms. The first-order valence-corrected chi connectivity index (χ1v) is 13.9. The molecular weight excluding hydrogens is 392 g/mol. The maximum atomic E-state index is 11.0. The Morgan fingerprint density at radius 3 is 2.41 bits per heavy atom. The Morgan fingerprint density at radius 2 is 1.75 bits per heavy atom. The summed E-state index contributed by atoms with van der Waals surface area (Å²) in [5.41, 5.74) is 1.94.